The molecule has 3 N–H and O–H groups in total. The van der Waals surface area contributed by atoms with Crippen molar-refractivity contribution in [3.63, 3.8) is 0 Å². The van der Waals surface area contributed by atoms with Crippen LogP contribution in [0.4, 0.5) is 37.7 Å². The van der Waals surface area contributed by atoms with Crippen LogP contribution < -0.4 is 20.1 Å². The highest BCUT2D eigenvalue weighted by Gasteiger charge is 2.38. The third-order valence-corrected chi connectivity index (χ3v) is 19.7. The number of carbonyl (C=O) groups is 8. The maximum absolute atomic E-state index is 14.0. The molecular weight excluding hydrogens is 1570 g/mol. The fraction of sp³-hybridized carbons (Fsp3) is 0.226. The van der Waals surface area contributed by atoms with Crippen molar-refractivity contribution in [2.75, 3.05) is 45.1 Å². The summed E-state index contributed by atoms with van der Waals surface area (Å²) in [5.41, 5.74) is 6.58. The molecule has 0 aliphatic carbocycles. The maximum Gasteiger partial charge on any atom is 0.416 e. The smallest absolute Gasteiger partial charge is 0.416 e. The predicted octanol–water partition coefficient (Wildman–Crippen LogP) is 18.7. The fourth-order valence-corrected chi connectivity index (χ4v) is 13.0. The average Bonchev–Trinajstić information content (AvgIpc) is 1.34. The number of aryl methyl sites for hydroxylation is 2. The van der Waals surface area contributed by atoms with Gasteiger partial charge in [-0.3, -0.25) is 38.4 Å². The Morgan fingerprint density at radius 3 is 1.06 bits per heavy atom. The van der Waals surface area contributed by atoms with Crippen LogP contribution >= 0.6 is 0 Å². The highest BCUT2D eigenvalue weighted by atomic mass is 19.4. The number of halogens is 6. The lowest BCUT2D eigenvalue weighted by atomic mass is 9.87. The number of amides is 4. The highest BCUT2D eigenvalue weighted by molar-refractivity contribution is 6.00. The van der Waals surface area contributed by atoms with E-state index in [9.17, 15) is 69.8 Å². The van der Waals surface area contributed by atoms with E-state index in [0.717, 1.165) is 45.5 Å². The Morgan fingerprint density at radius 2 is 0.736 bits per heavy atom. The normalized spacial score (nSPS) is 11.5. The standard InChI is InChI=1S/C47H43F3N4O7.C46H41F3N4O7/c1-29-6-10-31(11-7-29)32-14-16-34(17-15-32)43-52-42(53-61-43)33-12-8-30(9-13-33)27-54(28-38(55)26-46(2,3)45(58)60-5)44(57)35-18-21-37(22-19-35)51-41(56)24-36-20-23-39(59-4)25-40(36)47(48,49)50;1-28-5-9-30(10-6-28)31-13-15-33(16-14-31)42-51-41(52-60-42)32-11-7-29(8-12-32)26-53(27-37(54)25-45(2,3)44(57)58)43(56)34-17-20-36(21-18-34)50-40(55)23-35-19-22-38(59-4)24-39(35)46(47,48)49/h6-23,25H,24,26-28H2,1-5H3,(H,51,56);5-22,24H,23,25-27H2,1-4H3,(H,50,55)(H,57,58). The zero-order chi connectivity index (χ0) is 87.1. The summed E-state index contributed by atoms with van der Waals surface area (Å²) in [5, 5.41) is 23.0. The average molecular weight is 1650 g/mol. The Bertz CT molecular complexity index is 5720. The molecule has 12 aromatic rings. The third kappa shape index (κ3) is 23.2. The number of hydrogen-bond donors (Lipinski definition) is 3. The number of rotatable bonds is 30. The van der Waals surface area contributed by atoms with Crippen molar-refractivity contribution < 1.29 is 93.1 Å². The summed E-state index contributed by atoms with van der Waals surface area (Å²) in [6.07, 6.45) is -11.1. The number of nitrogens with zero attached hydrogens (tertiary/aromatic N) is 6. The number of methoxy groups -OCH3 is 3. The van der Waals surface area contributed by atoms with Gasteiger partial charge in [-0.25, -0.2) is 0 Å². The molecule has 0 spiro atoms. The van der Waals surface area contributed by atoms with Gasteiger partial charge in [-0.05, 0) is 183 Å². The molecule has 0 saturated heterocycles. The Morgan fingerprint density at radius 1 is 0.413 bits per heavy atom. The molecule has 622 valence electrons. The van der Waals surface area contributed by atoms with Crippen LogP contribution in [-0.4, -0.2) is 117 Å². The number of esters is 1. The Labute approximate surface area is 692 Å². The van der Waals surface area contributed by atoms with E-state index in [-0.39, 0.29) is 83.4 Å². The van der Waals surface area contributed by atoms with Gasteiger partial charge in [-0.2, -0.15) is 36.3 Å². The summed E-state index contributed by atoms with van der Waals surface area (Å²) in [7, 11) is 3.72. The van der Waals surface area contributed by atoms with Crippen molar-refractivity contribution in [2.24, 2.45) is 10.8 Å². The van der Waals surface area contributed by atoms with Gasteiger partial charge in [-0.1, -0.05) is 155 Å². The summed E-state index contributed by atoms with van der Waals surface area (Å²) in [5.74, 6) is -3.69. The number of carboxylic acid groups (broad SMARTS) is 1. The van der Waals surface area contributed by atoms with E-state index in [2.05, 4.69) is 79.4 Å². The van der Waals surface area contributed by atoms with Crippen molar-refractivity contribution in [3.05, 3.63) is 286 Å². The molecular formula is C93H84F6N8O14. The Balaban J connectivity index is 0.000000236. The van der Waals surface area contributed by atoms with Crippen molar-refractivity contribution >= 4 is 58.5 Å². The predicted molar refractivity (Wildman–Crippen MR) is 440 cm³/mol. The second-order valence-electron chi connectivity index (χ2n) is 30.1. The first-order chi connectivity index (χ1) is 57.5. The molecule has 2 aromatic heterocycles. The van der Waals surface area contributed by atoms with Crippen LogP contribution in [0.2, 0.25) is 0 Å². The molecule has 0 fully saturated rings. The van der Waals surface area contributed by atoms with E-state index in [4.69, 9.17) is 23.3 Å². The van der Waals surface area contributed by atoms with E-state index in [1.807, 2.05) is 62.4 Å². The van der Waals surface area contributed by atoms with E-state index in [1.165, 1.54) is 129 Å². The first kappa shape index (κ1) is 87.7. The van der Waals surface area contributed by atoms with Crippen LogP contribution in [0, 0.1) is 24.7 Å². The number of aliphatic carboxylic acids is 1. The Kier molecular flexibility index (Phi) is 27.6. The van der Waals surface area contributed by atoms with Gasteiger partial charge < -0.3 is 48.8 Å². The number of carbonyl (C=O) groups excluding carboxylic acids is 7. The molecule has 0 aliphatic rings. The first-order valence-electron chi connectivity index (χ1n) is 37.9. The summed E-state index contributed by atoms with van der Waals surface area (Å²) in [6, 6.07) is 64.3. The number of carboxylic acids is 1. The molecule has 4 amide bonds. The van der Waals surface area contributed by atoms with Gasteiger partial charge in [0.25, 0.3) is 23.6 Å². The number of nitrogens with one attached hydrogen (secondary N) is 2. The van der Waals surface area contributed by atoms with Crippen molar-refractivity contribution in [2.45, 2.75) is 92.7 Å². The van der Waals surface area contributed by atoms with Gasteiger partial charge in [0.1, 0.15) is 11.5 Å². The quantitative estimate of drug-likeness (QED) is 0.0278. The first-order valence-corrected chi connectivity index (χ1v) is 37.9. The van der Waals surface area contributed by atoms with E-state index < -0.39 is 95.0 Å². The fourth-order valence-electron chi connectivity index (χ4n) is 13.0. The topological polar surface area (TPSA) is 293 Å². The molecule has 0 saturated carbocycles. The maximum atomic E-state index is 14.0. The number of hydrogen-bond acceptors (Lipinski definition) is 17. The lowest BCUT2D eigenvalue weighted by Crippen LogP contribution is -2.38. The number of aromatic nitrogens is 4. The second kappa shape index (κ2) is 38.0. The van der Waals surface area contributed by atoms with E-state index in [1.54, 1.807) is 62.4 Å². The van der Waals surface area contributed by atoms with E-state index in [0.29, 0.717) is 45.7 Å². The van der Waals surface area contributed by atoms with Crippen LogP contribution in [0.5, 0.6) is 11.5 Å². The monoisotopic (exact) mass is 1650 g/mol. The second-order valence-corrected chi connectivity index (χ2v) is 30.1. The number of Topliss-reactive ketones (excluding diaryl/α,β-unsaturated/α-hetero) is 2. The van der Waals surface area contributed by atoms with E-state index >= 15 is 0 Å². The van der Waals surface area contributed by atoms with Crippen molar-refractivity contribution in [1.29, 1.82) is 0 Å². The van der Waals surface area contributed by atoms with Gasteiger partial charge in [0.15, 0.2) is 11.6 Å². The SMILES string of the molecule is COC(=O)C(C)(C)CC(=O)CN(Cc1ccc(-c2noc(-c3ccc(-c4ccc(C)cc4)cc3)n2)cc1)C(=O)c1ccc(NC(=O)Cc2ccc(OC)cc2C(F)(F)F)cc1.COc1ccc(CC(=O)Nc2ccc(C(=O)N(CC(=O)CC(C)(C)C(=O)O)Cc3ccc(-c4noc(-c5ccc(-c6ccc(C)cc6)cc5)n4)cc3)cc2)c(C(F)(F)F)c1. The number of benzene rings is 10. The number of anilines is 2. The molecule has 0 atom stereocenters. The van der Waals surface area contributed by atoms with Gasteiger partial charge in [-0.15, -0.1) is 0 Å². The number of ether oxygens (including phenoxy) is 3. The summed E-state index contributed by atoms with van der Waals surface area (Å²) in [4.78, 5) is 116. The van der Waals surface area contributed by atoms with Gasteiger partial charge in [0.05, 0.1) is 69.2 Å². The molecule has 2 heterocycles. The minimum Gasteiger partial charge on any atom is -0.497 e. The summed E-state index contributed by atoms with van der Waals surface area (Å²) in [6.45, 7) is 9.34. The molecule has 10 aromatic carbocycles. The molecule has 28 heteroatoms. The largest absolute Gasteiger partial charge is 0.497 e. The van der Waals surface area contributed by atoms with Crippen molar-refractivity contribution in [1.82, 2.24) is 30.1 Å². The zero-order valence-corrected chi connectivity index (χ0v) is 67.3. The number of alkyl halides is 6. The Hall–Kier alpha value is -14.2. The van der Waals surface area contributed by atoms with Gasteiger partial charge >= 0.3 is 24.3 Å². The van der Waals surface area contributed by atoms with Crippen LogP contribution in [-0.2, 0) is 71.8 Å². The van der Waals surface area contributed by atoms with Gasteiger partial charge in [0.2, 0.25) is 23.5 Å². The molecule has 0 aliphatic heterocycles. The molecule has 0 radical (unpaired) electrons. The lowest BCUT2D eigenvalue weighted by molar-refractivity contribution is -0.153. The third-order valence-electron chi connectivity index (χ3n) is 19.7. The highest BCUT2D eigenvalue weighted by Crippen LogP contribution is 2.38. The summed E-state index contributed by atoms with van der Waals surface area (Å²) >= 11 is 0. The molecule has 121 heavy (non-hydrogen) atoms. The molecule has 0 bridgehead atoms. The molecule has 0 unspecified atom stereocenters. The molecule has 22 nitrogen and oxygen atoms in total. The summed E-state index contributed by atoms with van der Waals surface area (Å²) < 4.78 is 108. The molecule has 12 rings (SSSR count). The van der Waals surface area contributed by atoms with Crippen LogP contribution in [0.25, 0.3) is 67.9 Å². The lowest BCUT2D eigenvalue weighted by Gasteiger charge is -2.25. The minimum absolute atomic E-state index is 0.000140. The van der Waals surface area contributed by atoms with Crippen LogP contribution in [0.3, 0.4) is 0 Å². The van der Waals surface area contributed by atoms with Crippen LogP contribution in [0.15, 0.2) is 240 Å². The number of ketones is 2. The van der Waals surface area contributed by atoms with Crippen LogP contribution in [0.1, 0.15) is 106 Å². The van der Waals surface area contributed by atoms with Gasteiger partial charge in [0, 0.05) is 70.7 Å². The zero-order valence-electron chi connectivity index (χ0n) is 67.3. The van der Waals surface area contributed by atoms with Crippen molar-refractivity contribution in [3.8, 4) is 79.4 Å². The minimum atomic E-state index is -4.71.